The average molecular weight is 1290 g/mol. The lowest BCUT2D eigenvalue weighted by Crippen LogP contribution is -2.27. The zero-order valence-corrected chi connectivity index (χ0v) is 53.7. The van der Waals surface area contributed by atoms with Gasteiger partial charge in [-0.3, -0.25) is 0 Å². The monoisotopic (exact) mass is 1280 g/mol. The summed E-state index contributed by atoms with van der Waals surface area (Å²) >= 11 is 17.3. The van der Waals surface area contributed by atoms with Crippen molar-refractivity contribution in [3.8, 4) is 86.9 Å². The van der Waals surface area contributed by atoms with Crippen molar-refractivity contribution < 1.29 is 0 Å². The zero-order valence-electron chi connectivity index (χ0n) is 45.5. The van der Waals surface area contributed by atoms with Crippen LogP contribution in [0.5, 0.6) is 0 Å². The van der Waals surface area contributed by atoms with Gasteiger partial charge in [0.2, 0.25) is 0 Å². The maximum Gasteiger partial charge on any atom is 0.130 e. The normalized spacial score (nSPS) is 13.3. The molecule has 8 nitrogen and oxygen atoms in total. The molecule has 86 heavy (non-hydrogen) atoms. The predicted molar refractivity (Wildman–Crippen MR) is 363 cm³/mol. The first kappa shape index (κ1) is 53.3. The third-order valence-corrected chi connectivity index (χ3v) is 26.8. The van der Waals surface area contributed by atoms with E-state index in [9.17, 15) is 21.0 Å². The van der Waals surface area contributed by atoms with Gasteiger partial charge in [-0.15, -0.1) is 90.7 Å². The van der Waals surface area contributed by atoms with E-state index in [0.717, 1.165) is 76.3 Å². The first-order valence-corrected chi connectivity index (χ1v) is 34.9. The number of benzene rings is 4. The third-order valence-electron chi connectivity index (χ3n) is 16.3. The number of aromatic nitrogens is 4. The second-order valence-electron chi connectivity index (χ2n) is 21.2. The molecule has 18 heteroatoms. The van der Waals surface area contributed by atoms with Crippen LogP contribution >= 0.6 is 114 Å². The first-order chi connectivity index (χ1) is 42.0. The van der Waals surface area contributed by atoms with Crippen LogP contribution in [0.2, 0.25) is 0 Å². The third kappa shape index (κ3) is 7.76. The molecule has 0 N–H and O–H groups in total. The summed E-state index contributed by atoms with van der Waals surface area (Å²) in [6.45, 7) is 8.93. The van der Waals surface area contributed by atoms with Gasteiger partial charge in [0.05, 0.1) is 43.7 Å². The van der Waals surface area contributed by atoms with Gasteiger partial charge in [0.15, 0.2) is 0 Å². The number of aryl methyl sites for hydroxylation is 4. The molecule has 0 bridgehead atoms. The minimum Gasteiger partial charge on any atom is -0.192 e. The van der Waals surface area contributed by atoms with Crippen molar-refractivity contribution in [1.29, 1.82) is 21.0 Å². The SMILES string of the molecule is Cc1ccc(C2(c3ccc(C)s3)c3cc(-c4ccc(-c5ccc(C=C(C#N)C#N)c6nsnc56)s4)ccc3-c3sc4c5c(sc4c32)-c2ccc(-c3ccc(-c4ccc(C=C(C#N)C#N)c6nsnc46)s3)cc2C5(c2ccc(C)s2)c2ccc(C)s2)s1. The van der Waals surface area contributed by atoms with E-state index in [-0.39, 0.29) is 11.1 Å². The van der Waals surface area contributed by atoms with E-state index in [1.807, 2.05) is 117 Å². The highest BCUT2D eigenvalue weighted by atomic mass is 32.1. The van der Waals surface area contributed by atoms with Crippen molar-refractivity contribution in [2.45, 2.75) is 38.5 Å². The highest BCUT2D eigenvalue weighted by Gasteiger charge is 2.55. The van der Waals surface area contributed by atoms with Crippen LogP contribution in [-0.2, 0) is 10.8 Å². The van der Waals surface area contributed by atoms with Gasteiger partial charge in [-0.05, 0) is 158 Å². The Bertz CT molecular complexity index is 5010. The van der Waals surface area contributed by atoms with Crippen LogP contribution in [0, 0.1) is 73.0 Å². The number of rotatable bonds is 10. The fraction of sp³-hybridized carbons (Fsp3) is 0.0882. The van der Waals surface area contributed by atoms with E-state index in [1.165, 1.54) is 91.6 Å². The molecule has 4 aromatic carbocycles. The molecule has 2 aliphatic carbocycles. The van der Waals surface area contributed by atoms with Crippen molar-refractivity contribution in [2.24, 2.45) is 0 Å². The molecule has 2 aliphatic rings. The van der Waals surface area contributed by atoms with Crippen molar-refractivity contribution in [3.63, 3.8) is 0 Å². The molecule has 14 aromatic rings. The minimum absolute atomic E-state index is 0.0230. The summed E-state index contributed by atoms with van der Waals surface area (Å²) in [7, 11) is 0. The summed E-state index contributed by atoms with van der Waals surface area (Å²) in [5.41, 5.74) is 15.3. The largest absolute Gasteiger partial charge is 0.192 e. The Labute approximate surface area is 533 Å². The fourth-order valence-electron chi connectivity index (χ4n) is 12.7. The molecule has 16 rings (SSSR count). The van der Waals surface area contributed by atoms with Gasteiger partial charge in [0.25, 0.3) is 0 Å². The van der Waals surface area contributed by atoms with Crippen LogP contribution in [0.3, 0.4) is 0 Å². The lowest BCUT2D eigenvalue weighted by atomic mass is 9.74. The van der Waals surface area contributed by atoms with E-state index in [2.05, 4.69) is 146 Å². The lowest BCUT2D eigenvalue weighted by molar-refractivity contribution is 0.815. The molecule has 0 radical (unpaired) electrons. The summed E-state index contributed by atoms with van der Waals surface area (Å²) in [6, 6.07) is 57.8. The van der Waals surface area contributed by atoms with Gasteiger partial charge in [-0.1, -0.05) is 48.5 Å². The van der Waals surface area contributed by atoms with E-state index < -0.39 is 10.8 Å². The molecule has 0 unspecified atom stereocenters. The van der Waals surface area contributed by atoms with Gasteiger partial charge in [0, 0.05) is 102 Å². The molecular formula is C68H36N8S10. The Kier molecular flexibility index (Phi) is 12.5. The molecule has 0 fully saturated rings. The molecular weight excluding hydrogens is 1250 g/mol. The second kappa shape index (κ2) is 20.2. The van der Waals surface area contributed by atoms with E-state index >= 15 is 0 Å². The van der Waals surface area contributed by atoms with Gasteiger partial charge in [0.1, 0.15) is 57.5 Å². The number of nitriles is 4. The van der Waals surface area contributed by atoms with Crippen molar-refractivity contribution in [2.75, 3.05) is 0 Å². The average Bonchev–Trinajstić information content (AvgIpc) is 1.50. The number of fused-ring (bicyclic) bond motifs is 11. The summed E-state index contributed by atoms with van der Waals surface area (Å²) < 4.78 is 21.4. The Morgan fingerprint density at radius 2 is 0.721 bits per heavy atom. The maximum atomic E-state index is 9.54. The topological polar surface area (TPSA) is 147 Å². The molecule has 10 aromatic heterocycles. The molecule has 0 spiro atoms. The van der Waals surface area contributed by atoms with Crippen molar-refractivity contribution in [1.82, 2.24) is 17.5 Å². The highest BCUT2D eigenvalue weighted by Crippen LogP contribution is 2.70. The number of nitrogens with zero attached hydrogens (tertiary/aromatic N) is 8. The molecule has 10 heterocycles. The van der Waals surface area contributed by atoms with E-state index in [1.54, 1.807) is 34.8 Å². The molecule has 0 saturated heterocycles. The van der Waals surface area contributed by atoms with Crippen LogP contribution in [0.15, 0.2) is 145 Å². The van der Waals surface area contributed by atoms with Crippen LogP contribution in [0.1, 0.15) is 72.4 Å². The minimum atomic E-state index is -0.596. The summed E-state index contributed by atoms with van der Waals surface area (Å²) in [5, 5.41) is 38.2. The smallest absolute Gasteiger partial charge is 0.130 e. The Morgan fingerprint density at radius 1 is 0.372 bits per heavy atom. The standard InChI is InChI=1S/C68H36N8S10/c1-33-5-21-53(77-33)67(54-22-6-34(2)78-54)47-27-39(49-17-19-51(81-49)45-15-11-41(25-37(29-69)30-70)59-61(45)75-85-73-59)9-13-43(47)63-57(67)65-66(83-63)58-64(84-65)44-14-10-40(28-48(44)68(58,55-23-7-35(3)79-55)56-24-8-36(4)80-56)50-18-20-52(82-50)46-16-12-42(26-38(31-71)32-72)60-62(46)76-86-74-60/h5-28H,1-4H3. The fourth-order valence-corrected chi connectivity index (χ4v) is 23.6. The summed E-state index contributed by atoms with van der Waals surface area (Å²) in [6.07, 6.45) is 3.17. The number of hydrogen-bond acceptors (Lipinski definition) is 18. The molecule has 408 valence electrons. The summed E-state index contributed by atoms with van der Waals surface area (Å²) in [5.74, 6) is 0. The summed E-state index contributed by atoms with van der Waals surface area (Å²) in [4.78, 5) is 17.5. The van der Waals surface area contributed by atoms with Crippen LogP contribution in [-0.4, -0.2) is 17.5 Å². The van der Waals surface area contributed by atoms with Gasteiger partial charge in [-0.25, -0.2) is 0 Å². The molecule has 0 aliphatic heterocycles. The zero-order chi connectivity index (χ0) is 58.3. The van der Waals surface area contributed by atoms with Gasteiger partial charge < -0.3 is 0 Å². The Hall–Kier alpha value is -8.18. The second-order valence-corrected chi connectivity index (χ2v) is 31.6. The number of allylic oxidation sites excluding steroid dienone is 2. The Morgan fingerprint density at radius 3 is 1.07 bits per heavy atom. The molecule has 0 saturated carbocycles. The highest BCUT2D eigenvalue weighted by molar-refractivity contribution is 7.32. The van der Waals surface area contributed by atoms with E-state index in [4.69, 9.17) is 8.75 Å². The van der Waals surface area contributed by atoms with Crippen molar-refractivity contribution in [3.05, 3.63) is 217 Å². The molecule has 0 atom stereocenters. The Balaban J connectivity index is 0.885. The lowest BCUT2D eigenvalue weighted by Gasteiger charge is -2.31. The van der Waals surface area contributed by atoms with E-state index in [0.29, 0.717) is 22.2 Å². The van der Waals surface area contributed by atoms with Gasteiger partial charge >= 0.3 is 0 Å². The maximum absolute atomic E-state index is 9.54. The van der Waals surface area contributed by atoms with Gasteiger partial charge in [-0.2, -0.15) is 38.5 Å². The number of hydrogen-bond donors (Lipinski definition) is 0. The van der Waals surface area contributed by atoms with Crippen molar-refractivity contribution >= 4 is 158 Å². The van der Waals surface area contributed by atoms with Crippen LogP contribution < -0.4 is 0 Å². The van der Waals surface area contributed by atoms with Crippen LogP contribution in [0.4, 0.5) is 0 Å². The quantitative estimate of drug-likeness (QED) is 0.123. The van der Waals surface area contributed by atoms with Crippen LogP contribution in [0.25, 0.3) is 106 Å². The predicted octanol–water partition coefficient (Wildman–Crippen LogP) is 20.8. The number of thiophene rings is 8. The first-order valence-electron chi connectivity index (χ1n) is 27.0. The molecule has 0 amide bonds.